The molecule has 0 saturated carbocycles. The van der Waals surface area contributed by atoms with Crippen LogP contribution in [0.15, 0.2) is 6.33 Å². The molecule has 21 heavy (non-hydrogen) atoms. The van der Waals surface area contributed by atoms with Gasteiger partial charge in [-0.1, -0.05) is 20.3 Å². The summed E-state index contributed by atoms with van der Waals surface area (Å²) in [7, 11) is 0. The van der Waals surface area contributed by atoms with Gasteiger partial charge >= 0.3 is 5.97 Å². The molecule has 0 fully saturated rings. The van der Waals surface area contributed by atoms with Crippen LogP contribution in [-0.2, 0) is 20.9 Å². The minimum atomic E-state index is -0.682. The van der Waals surface area contributed by atoms with Gasteiger partial charge in [-0.15, -0.1) is 5.10 Å². The average Bonchev–Trinajstić information content (AvgIpc) is 2.85. The van der Waals surface area contributed by atoms with Crippen LogP contribution in [-0.4, -0.2) is 43.7 Å². The number of rotatable bonds is 6. The van der Waals surface area contributed by atoms with E-state index in [2.05, 4.69) is 20.8 Å². The molecule has 1 N–H and O–H groups in total. The van der Waals surface area contributed by atoms with Crippen LogP contribution in [0.4, 0.5) is 0 Å². The zero-order chi connectivity index (χ0) is 16.0. The van der Waals surface area contributed by atoms with E-state index >= 15 is 0 Å². The van der Waals surface area contributed by atoms with Crippen LogP contribution in [0.3, 0.4) is 0 Å². The first kappa shape index (κ1) is 17.1. The minimum Gasteiger partial charge on any atom is -0.458 e. The van der Waals surface area contributed by atoms with Gasteiger partial charge in [-0.25, -0.2) is 9.48 Å². The molecule has 1 aromatic heterocycles. The zero-order valence-electron chi connectivity index (χ0n) is 13.2. The summed E-state index contributed by atoms with van der Waals surface area (Å²) in [5, 5.41) is 13.2. The van der Waals surface area contributed by atoms with Crippen molar-refractivity contribution >= 4 is 11.9 Å². The number of hydrogen-bond acceptors (Lipinski definition) is 6. The number of tetrazole rings is 1. The average molecular weight is 297 g/mol. The highest BCUT2D eigenvalue weighted by Gasteiger charge is 2.30. The zero-order valence-corrected chi connectivity index (χ0v) is 13.2. The molecule has 8 heteroatoms. The molecule has 1 aromatic rings. The first-order valence-electron chi connectivity index (χ1n) is 6.96. The van der Waals surface area contributed by atoms with Crippen molar-refractivity contribution in [2.24, 2.45) is 5.92 Å². The van der Waals surface area contributed by atoms with Crippen LogP contribution in [0, 0.1) is 5.92 Å². The number of nitrogens with zero attached hydrogens (tertiary/aromatic N) is 4. The summed E-state index contributed by atoms with van der Waals surface area (Å²) in [5.74, 6) is -0.793. The van der Waals surface area contributed by atoms with Gasteiger partial charge in [0, 0.05) is 0 Å². The largest absolute Gasteiger partial charge is 0.458 e. The molecule has 0 aliphatic carbocycles. The number of nitrogens with one attached hydrogen (secondary N) is 1. The fourth-order valence-electron chi connectivity index (χ4n) is 1.65. The highest BCUT2D eigenvalue weighted by Crippen LogP contribution is 2.14. The maximum absolute atomic E-state index is 12.2. The molecule has 1 amide bonds. The first-order chi connectivity index (χ1) is 9.73. The Morgan fingerprint density at radius 3 is 2.52 bits per heavy atom. The molecule has 0 aromatic carbocycles. The van der Waals surface area contributed by atoms with Crippen LogP contribution in [0.25, 0.3) is 0 Å². The molecule has 0 unspecified atom stereocenters. The van der Waals surface area contributed by atoms with Crippen molar-refractivity contribution in [2.75, 3.05) is 0 Å². The molecule has 118 valence electrons. The highest BCUT2D eigenvalue weighted by molar-refractivity contribution is 5.84. The predicted octanol–water partition coefficient (Wildman–Crippen LogP) is 0.546. The van der Waals surface area contributed by atoms with Gasteiger partial charge in [-0.2, -0.15) is 0 Å². The van der Waals surface area contributed by atoms with E-state index in [1.807, 2.05) is 13.8 Å². The summed E-state index contributed by atoms with van der Waals surface area (Å²) < 4.78 is 6.65. The third-order valence-corrected chi connectivity index (χ3v) is 2.89. The lowest BCUT2D eigenvalue weighted by Crippen LogP contribution is -2.48. The number of ether oxygens (including phenoxy) is 1. The van der Waals surface area contributed by atoms with Gasteiger partial charge in [0.25, 0.3) is 0 Å². The van der Waals surface area contributed by atoms with E-state index < -0.39 is 17.6 Å². The quantitative estimate of drug-likeness (QED) is 0.770. The number of hydrogen-bond donors (Lipinski definition) is 1. The second-order valence-electron chi connectivity index (χ2n) is 5.97. The lowest BCUT2D eigenvalue weighted by Gasteiger charge is -2.27. The normalized spacial score (nSPS) is 14.3. The fourth-order valence-corrected chi connectivity index (χ4v) is 1.65. The standard InChI is InChI=1S/C13H23N5O3/c1-6-9(2)11(12(20)21-13(3,4)5)15-10(19)7-18-8-14-16-17-18/h8-9,11H,6-7H2,1-5H3,(H,15,19)/t9-,11-/m0/s1. The molecule has 1 rings (SSSR count). The molecule has 2 atom stereocenters. The van der Waals surface area contributed by atoms with Crippen molar-refractivity contribution < 1.29 is 14.3 Å². The molecule has 0 spiro atoms. The Balaban J connectivity index is 2.69. The third kappa shape index (κ3) is 5.88. The SMILES string of the molecule is CC[C@H](C)[C@H](NC(=O)Cn1cnnn1)C(=O)OC(C)(C)C. The number of carbonyl (C=O) groups excluding carboxylic acids is 2. The van der Waals surface area contributed by atoms with Crippen molar-refractivity contribution in [3.05, 3.63) is 6.33 Å². The molecular weight excluding hydrogens is 274 g/mol. The van der Waals surface area contributed by atoms with Gasteiger partial charge in [0.05, 0.1) is 0 Å². The van der Waals surface area contributed by atoms with Crippen LogP contribution in [0.1, 0.15) is 41.0 Å². The van der Waals surface area contributed by atoms with Gasteiger partial charge < -0.3 is 10.1 Å². The van der Waals surface area contributed by atoms with E-state index in [0.29, 0.717) is 0 Å². The molecule has 8 nitrogen and oxygen atoms in total. The van der Waals surface area contributed by atoms with E-state index in [0.717, 1.165) is 6.42 Å². The Labute approximate surface area is 124 Å². The monoisotopic (exact) mass is 297 g/mol. The Morgan fingerprint density at radius 1 is 1.38 bits per heavy atom. The van der Waals surface area contributed by atoms with Crippen LogP contribution in [0.2, 0.25) is 0 Å². The van der Waals surface area contributed by atoms with E-state index in [-0.39, 0.29) is 18.4 Å². The number of amides is 1. The molecule has 0 bridgehead atoms. The van der Waals surface area contributed by atoms with Crippen molar-refractivity contribution in [1.82, 2.24) is 25.5 Å². The Bertz CT molecular complexity index is 467. The minimum absolute atomic E-state index is 0.0299. The highest BCUT2D eigenvalue weighted by atomic mass is 16.6. The molecule has 0 saturated heterocycles. The summed E-state index contributed by atoms with van der Waals surface area (Å²) in [6, 6.07) is -0.682. The van der Waals surface area contributed by atoms with E-state index in [9.17, 15) is 9.59 Å². The Kier molecular flexibility index (Phi) is 5.80. The Morgan fingerprint density at radius 2 is 2.05 bits per heavy atom. The van der Waals surface area contributed by atoms with Crippen molar-refractivity contribution in [3.63, 3.8) is 0 Å². The predicted molar refractivity (Wildman–Crippen MR) is 75.0 cm³/mol. The number of carbonyl (C=O) groups is 2. The molecular formula is C13H23N5O3. The number of esters is 1. The van der Waals surface area contributed by atoms with Crippen molar-refractivity contribution in [1.29, 1.82) is 0 Å². The summed E-state index contributed by atoms with van der Waals surface area (Å²) in [6.45, 7) is 9.19. The van der Waals surface area contributed by atoms with Crippen LogP contribution < -0.4 is 5.32 Å². The van der Waals surface area contributed by atoms with E-state index in [4.69, 9.17) is 4.74 Å². The smallest absolute Gasteiger partial charge is 0.329 e. The summed E-state index contributed by atoms with van der Waals surface area (Å²) in [4.78, 5) is 24.2. The summed E-state index contributed by atoms with van der Waals surface area (Å²) in [5.41, 5.74) is -0.594. The third-order valence-electron chi connectivity index (χ3n) is 2.89. The van der Waals surface area contributed by atoms with Crippen LogP contribution in [0.5, 0.6) is 0 Å². The van der Waals surface area contributed by atoms with Gasteiger partial charge in [-0.05, 0) is 37.1 Å². The lowest BCUT2D eigenvalue weighted by atomic mass is 9.99. The van der Waals surface area contributed by atoms with E-state index in [1.165, 1.54) is 11.0 Å². The molecule has 0 aliphatic heterocycles. The molecule has 1 heterocycles. The summed E-state index contributed by atoms with van der Waals surface area (Å²) in [6.07, 6.45) is 2.08. The van der Waals surface area contributed by atoms with Crippen LogP contribution >= 0.6 is 0 Å². The summed E-state index contributed by atoms with van der Waals surface area (Å²) >= 11 is 0. The maximum Gasteiger partial charge on any atom is 0.329 e. The van der Waals surface area contributed by atoms with Gasteiger partial charge in [0.15, 0.2) is 0 Å². The fraction of sp³-hybridized carbons (Fsp3) is 0.769. The topological polar surface area (TPSA) is 99.0 Å². The molecule has 0 aliphatic rings. The van der Waals surface area contributed by atoms with Gasteiger partial charge in [-0.3, -0.25) is 4.79 Å². The number of aromatic nitrogens is 4. The van der Waals surface area contributed by atoms with Crippen molar-refractivity contribution in [3.8, 4) is 0 Å². The van der Waals surface area contributed by atoms with Gasteiger partial charge in [0.1, 0.15) is 24.5 Å². The molecule has 0 radical (unpaired) electrons. The van der Waals surface area contributed by atoms with E-state index in [1.54, 1.807) is 20.8 Å². The second-order valence-corrected chi connectivity index (χ2v) is 5.97. The van der Waals surface area contributed by atoms with Crippen molar-refractivity contribution in [2.45, 2.75) is 59.2 Å². The Hall–Kier alpha value is -1.99. The first-order valence-corrected chi connectivity index (χ1v) is 6.96. The maximum atomic E-state index is 12.2. The lowest BCUT2D eigenvalue weighted by molar-refractivity contribution is -0.160. The van der Waals surface area contributed by atoms with Gasteiger partial charge in [0.2, 0.25) is 5.91 Å². The second kappa shape index (κ2) is 7.14.